The van der Waals surface area contributed by atoms with Gasteiger partial charge in [-0.1, -0.05) is 78.0 Å². The first kappa shape index (κ1) is 21.4. The van der Waals surface area contributed by atoms with Crippen molar-refractivity contribution in [1.29, 1.82) is 0 Å². The Hall–Kier alpha value is -3.82. The average Bonchev–Trinajstić information content (AvgIpc) is 3.12. The molecule has 0 radical (unpaired) electrons. The van der Waals surface area contributed by atoms with Crippen molar-refractivity contribution in [2.45, 2.75) is 12.3 Å². The molecule has 7 heteroatoms. The van der Waals surface area contributed by atoms with Crippen LogP contribution < -0.4 is 5.32 Å². The first-order valence-electron chi connectivity index (χ1n) is 10.1. The number of hydrogen-bond acceptors (Lipinski definition) is 4. The summed E-state index contributed by atoms with van der Waals surface area (Å²) in [6, 6.07) is 20.7. The van der Waals surface area contributed by atoms with Crippen LogP contribution in [0.2, 0.25) is 5.02 Å². The molecule has 0 unspecified atom stereocenters. The van der Waals surface area contributed by atoms with Crippen molar-refractivity contribution in [2.75, 3.05) is 13.2 Å². The highest BCUT2D eigenvalue weighted by atomic mass is 35.5. The zero-order valence-corrected chi connectivity index (χ0v) is 17.8. The van der Waals surface area contributed by atoms with Crippen molar-refractivity contribution in [2.24, 2.45) is 0 Å². The van der Waals surface area contributed by atoms with E-state index in [0.717, 1.165) is 11.1 Å². The zero-order valence-electron chi connectivity index (χ0n) is 17.0. The summed E-state index contributed by atoms with van der Waals surface area (Å²) >= 11 is 6.02. The molecule has 0 fully saturated rings. The Balaban J connectivity index is 1.32. The first-order chi connectivity index (χ1) is 15.6. The maximum absolute atomic E-state index is 12.2. The van der Waals surface area contributed by atoms with Gasteiger partial charge in [0.25, 0.3) is 5.69 Å². The van der Waals surface area contributed by atoms with Crippen LogP contribution in [0.5, 0.6) is 0 Å². The van der Waals surface area contributed by atoms with Crippen LogP contribution in [-0.2, 0) is 4.74 Å². The van der Waals surface area contributed by atoms with Gasteiger partial charge < -0.3 is 10.1 Å². The minimum atomic E-state index is -0.530. The molecule has 1 aliphatic rings. The molecular weight excluding hydrogens is 428 g/mol. The van der Waals surface area contributed by atoms with E-state index in [4.69, 9.17) is 16.3 Å². The second-order valence-corrected chi connectivity index (χ2v) is 7.60. The number of amides is 1. The lowest BCUT2D eigenvalue weighted by atomic mass is 9.98. The summed E-state index contributed by atoms with van der Waals surface area (Å²) in [5, 5.41) is 14.0. The standard InChI is InChI=1S/C25H19ClN2O4/c26-23-13-7-14-24(28(30)31)21(23)12-5-6-15-27-25(29)32-16-22-19-10-3-1-8-17(19)18-9-2-4-11-20(18)22/h1-4,7-11,13-14,22H,6,15-16H2,(H,27,29). The number of hydrogen-bond donors (Lipinski definition) is 1. The van der Waals surface area contributed by atoms with Gasteiger partial charge in [-0.25, -0.2) is 4.79 Å². The number of halogens is 1. The number of nitrogens with one attached hydrogen (secondary N) is 1. The Labute approximate surface area is 190 Å². The Kier molecular flexibility index (Phi) is 6.39. The molecule has 160 valence electrons. The molecule has 1 N–H and O–H groups in total. The van der Waals surface area contributed by atoms with Gasteiger partial charge in [-0.05, 0) is 28.3 Å². The fourth-order valence-electron chi connectivity index (χ4n) is 3.82. The van der Waals surface area contributed by atoms with Crippen molar-refractivity contribution in [1.82, 2.24) is 5.32 Å². The van der Waals surface area contributed by atoms with Crippen LogP contribution in [-0.4, -0.2) is 24.2 Å². The summed E-state index contributed by atoms with van der Waals surface area (Å²) in [6.45, 7) is 0.485. The summed E-state index contributed by atoms with van der Waals surface area (Å²) in [4.78, 5) is 22.7. The van der Waals surface area contributed by atoms with Crippen molar-refractivity contribution in [3.8, 4) is 23.0 Å². The molecule has 0 saturated heterocycles. The summed E-state index contributed by atoms with van der Waals surface area (Å²) in [7, 11) is 0. The zero-order chi connectivity index (χ0) is 22.5. The van der Waals surface area contributed by atoms with E-state index in [2.05, 4.69) is 41.4 Å². The molecule has 0 saturated carbocycles. The third kappa shape index (κ3) is 4.43. The molecule has 0 aromatic heterocycles. The van der Waals surface area contributed by atoms with Crippen LogP contribution in [0, 0.1) is 22.0 Å². The van der Waals surface area contributed by atoms with Crippen molar-refractivity contribution in [3.05, 3.63) is 98.6 Å². The second kappa shape index (κ2) is 9.54. The quantitative estimate of drug-likeness (QED) is 0.242. The fraction of sp³-hybridized carbons (Fsp3) is 0.160. The van der Waals surface area contributed by atoms with Gasteiger partial charge in [-0.3, -0.25) is 10.1 Å². The average molecular weight is 447 g/mol. The molecule has 1 aliphatic carbocycles. The van der Waals surface area contributed by atoms with Gasteiger partial charge in [-0.2, -0.15) is 0 Å². The topological polar surface area (TPSA) is 81.5 Å². The lowest BCUT2D eigenvalue weighted by Gasteiger charge is -2.14. The van der Waals surface area contributed by atoms with Gasteiger partial charge in [0.05, 0.1) is 9.95 Å². The van der Waals surface area contributed by atoms with Gasteiger partial charge in [0.2, 0.25) is 0 Å². The number of fused-ring (bicyclic) bond motifs is 3. The van der Waals surface area contributed by atoms with Gasteiger partial charge in [0.1, 0.15) is 12.2 Å². The molecular formula is C25H19ClN2O4. The monoisotopic (exact) mass is 446 g/mol. The van der Waals surface area contributed by atoms with E-state index in [-0.39, 0.29) is 35.3 Å². The van der Waals surface area contributed by atoms with E-state index in [1.807, 2.05) is 24.3 Å². The maximum Gasteiger partial charge on any atom is 0.407 e. The molecule has 0 aliphatic heterocycles. The number of carbonyl (C=O) groups excluding carboxylic acids is 1. The van der Waals surface area contributed by atoms with Gasteiger partial charge in [0.15, 0.2) is 0 Å². The maximum atomic E-state index is 12.2. The number of rotatable bonds is 5. The van der Waals surface area contributed by atoms with E-state index in [9.17, 15) is 14.9 Å². The third-order valence-corrected chi connectivity index (χ3v) is 5.58. The lowest BCUT2D eigenvalue weighted by molar-refractivity contribution is -0.385. The van der Waals surface area contributed by atoms with Gasteiger partial charge in [-0.15, -0.1) is 0 Å². The number of benzene rings is 3. The largest absolute Gasteiger partial charge is 0.449 e. The molecule has 0 heterocycles. The van der Waals surface area contributed by atoms with Crippen LogP contribution in [0.4, 0.5) is 10.5 Å². The molecule has 4 rings (SSSR count). The smallest absolute Gasteiger partial charge is 0.407 e. The number of carbonyl (C=O) groups is 1. The van der Waals surface area contributed by atoms with E-state index in [1.54, 1.807) is 6.07 Å². The van der Waals surface area contributed by atoms with E-state index >= 15 is 0 Å². The predicted octanol–water partition coefficient (Wildman–Crippen LogP) is 5.53. The SMILES string of the molecule is O=C(NCCC#Cc1c(Cl)cccc1[N+](=O)[O-])OCC1c2ccccc2-c2ccccc21. The van der Waals surface area contributed by atoms with Crippen LogP contribution in [0.3, 0.4) is 0 Å². The number of nitrogens with zero attached hydrogens (tertiary/aromatic N) is 1. The van der Waals surface area contributed by atoms with Crippen LogP contribution in [0.25, 0.3) is 11.1 Å². The first-order valence-corrected chi connectivity index (χ1v) is 10.4. The molecule has 3 aromatic carbocycles. The van der Waals surface area contributed by atoms with Crippen LogP contribution >= 0.6 is 11.6 Å². The minimum Gasteiger partial charge on any atom is -0.449 e. The lowest BCUT2D eigenvalue weighted by Crippen LogP contribution is -2.26. The molecule has 0 atom stereocenters. The number of nitro benzene ring substituents is 1. The molecule has 0 bridgehead atoms. The Morgan fingerprint density at radius 3 is 2.34 bits per heavy atom. The van der Waals surface area contributed by atoms with E-state index < -0.39 is 11.0 Å². The molecule has 32 heavy (non-hydrogen) atoms. The highest BCUT2D eigenvalue weighted by molar-refractivity contribution is 6.32. The minimum absolute atomic E-state index is 0.00582. The van der Waals surface area contributed by atoms with Crippen molar-refractivity contribution < 1.29 is 14.5 Å². The summed E-state index contributed by atoms with van der Waals surface area (Å²) in [6.07, 6.45) is -0.232. The number of ether oxygens (including phenoxy) is 1. The normalized spacial score (nSPS) is 11.7. The second-order valence-electron chi connectivity index (χ2n) is 7.20. The van der Waals surface area contributed by atoms with Crippen molar-refractivity contribution >= 4 is 23.4 Å². The molecule has 3 aromatic rings. The molecule has 0 spiro atoms. The van der Waals surface area contributed by atoms with E-state index in [0.29, 0.717) is 6.42 Å². The fourth-order valence-corrected chi connectivity index (χ4v) is 4.03. The number of alkyl carbamates (subject to hydrolysis) is 1. The highest BCUT2D eigenvalue weighted by Crippen LogP contribution is 2.44. The molecule has 1 amide bonds. The summed E-state index contributed by atoms with van der Waals surface area (Å²) in [5.74, 6) is 5.52. The third-order valence-electron chi connectivity index (χ3n) is 5.26. The Bertz CT molecular complexity index is 1200. The summed E-state index contributed by atoms with van der Waals surface area (Å²) < 4.78 is 5.47. The molecule has 6 nitrogen and oxygen atoms in total. The highest BCUT2D eigenvalue weighted by Gasteiger charge is 2.28. The predicted molar refractivity (Wildman–Crippen MR) is 123 cm³/mol. The summed E-state index contributed by atoms with van der Waals surface area (Å²) in [5.41, 5.74) is 4.65. The van der Waals surface area contributed by atoms with Crippen molar-refractivity contribution in [3.63, 3.8) is 0 Å². The Morgan fingerprint density at radius 2 is 1.69 bits per heavy atom. The van der Waals surface area contributed by atoms with Crippen LogP contribution in [0.1, 0.15) is 29.0 Å². The number of nitro groups is 1. The van der Waals surface area contributed by atoms with Crippen LogP contribution in [0.15, 0.2) is 66.7 Å². The van der Waals surface area contributed by atoms with E-state index in [1.165, 1.54) is 23.3 Å². The Morgan fingerprint density at radius 1 is 1.03 bits per heavy atom. The van der Waals surface area contributed by atoms with Gasteiger partial charge in [0, 0.05) is 24.9 Å². The van der Waals surface area contributed by atoms with Gasteiger partial charge >= 0.3 is 6.09 Å².